The summed E-state index contributed by atoms with van der Waals surface area (Å²) in [6.07, 6.45) is 1.85. The molecule has 0 saturated carbocycles. The SMILES string of the molecule is COc1cccc(Cl)c1C(=O)c1ccc(OCCC(C)C)cc1OCCC(C)C. The van der Waals surface area contributed by atoms with Crippen LogP contribution < -0.4 is 14.2 Å². The molecule has 0 saturated heterocycles. The molecule has 29 heavy (non-hydrogen) atoms. The maximum absolute atomic E-state index is 13.3. The van der Waals surface area contributed by atoms with Crippen LogP contribution in [0.15, 0.2) is 36.4 Å². The summed E-state index contributed by atoms with van der Waals surface area (Å²) in [5.74, 6) is 2.45. The lowest BCUT2D eigenvalue weighted by Gasteiger charge is -2.16. The topological polar surface area (TPSA) is 44.8 Å². The highest BCUT2D eigenvalue weighted by Gasteiger charge is 2.22. The second kappa shape index (κ2) is 11.1. The molecule has 0 aromatic heterocycles. The van der Waals surface area contributed by atoms with Gasteiger partial charge < -0.3 is 14.2 Å². The van der Waals surface area contributed by atoms with E-state index in [-0.39, 0.29) is 5.78 Å². The molecule has 2 aromatic rings. The van der Waals surface area contributed by atoms with Crippen molar-refractivity contribution in [1.82, 2.24) is 0 Å². The molecule has 0 radical (unpaired) electrons. The van der Waals surface area contributed by atoms with Gasteiger partial charge in [-0.05, 0) is 48.9 Å². The van der Waals surface area contributed by atoms with Crippen molar-refractivity contribution >= 4 is 17.4 Å². The molecule has 2 rings (SSSR count). The molecule has 0 aliphatic rings. The molecule has 0 aliphatic heterocycles. The number of halogens is 1. The van der Waals surface area contributed by atoms with Gasteiger partial charge in [0.05, 0.1) is 36.5 Å². The van der Waals surface area contributed by atoms with Crippen LogP contribution >= 0.6 is 11.6 Å². The number of hydrogen-bond acceptors (Lipinski definition) is 4. The Labute approximate surface area is 179 Å². The summed E-state index contributed by atoms with van der Waals surface area (Å²) in [5.41, 5.74) is 0.773. The van der Waals surface area contributed by atoms with Gasteiger partial charge in [-0.1, -0.05) is 45.4 Å². The molecule has 0 spiro atoms. The van der Waals surface area contributed by atoms with E-state index in [0.717, 1.165) is 12.8 Å². The van der Waals surface area contributed by atoms with Crippen molar-refractivity contribution in [3.8, 4) is 17.2 Å². The molecule has 0 atom stereocenters. The third-order valence-electron chi connectivity index (χ3n) is 4.54. The highest BCUT2D eigenvalue weighted by Crippen LogP contribution is 2.33. The first-order chi connectivity index (χ1) is 13.8. The van der Waals surface area contributed by atoms with Crippen LogP contribution in [0, 0.1) is 11.8 Å². The van der Waals surface area contributed by atoms with Crippen molar-refractivity contribution in [3.05, 3.63) is 52.5 Å². The van der Waals surface area contributed by atoms with Gasteiger partial charge in [0.2, 0.25) is 5.78 Å². The molecule has 0 fully saturated rings. The Kier molecular flexibility index (Phi) is 8.84. The van der Waals surface area contributed by atoms with Crippen LogP contribution in [-0.4, -0.2) is 26.1 Å². The van der Waals surface area contributed by atoms with Crippen molar-refractivity contribution in [2.45, 2.75) is 40.5 Å². The Bertz CT molecular complexity index is 815. The highest BCUT2D eigenvalue weighted by atomic mass is 35.5. The lowest BCUT2D eigenvalue weighted by molar-refractivity contribution is 0.103. The molecule has 158 valence electrons. The normalized spacial score (nSPS) is 11.0. The number of carbonyl (C=O) groups is 1. The quantitative estimate of drug-likeness (QED) is 0.394. The molecule has 0 unspecified atom stereocenters. The van der Waals surface area contributed by atoms with E-state index < -0.39 is 0 Å². The van der Waals surface area contributed by atoms with Crippen molar-refractivity contribution < 1.29 is 19.0 Å². The first kappa shape index (κ1) is 23.1. The van der Waals surface area contributed by atoms with E-state index in [1.54, 1.807) is 36.4 Å². The van der Waals surface area contributed by atoms with Crippen LogP contribution in [0.4, 0.5) is 0 Å². The Morgan fingerprint density at radius 1 is 0.931 bits per heavy atom. The predicted molar refractivity (Wildman–Crippen MR) is 118 cm³/mol. The van der Waals surface area contributed by atoms with Crippen LogP contribution in [0.1, 0.15) is 56.5 Å². The standard InChI is InChI=1S/C24H31ClO4/c1-16(2)11-13-28-18-9-10-19(22(15-18)29-14-12-17(3)4)24(26)23-20(25)7-6-8-21(23)27-5/h6-10,15-17H,11-14H2,1-5H3. The molecule has 0 amide bonds. The number of ketones is 1. The highest BCUT2D eigenvalue weighted by molar-refractivity contribution is 6.35. The number of rotatable bonds is 11. The van der Waals surface area contributed by atoms with E-state index in [2.05, 4.69) is 27.7 Å². The van der Waals surface area contributed by atoms with Gasteiger partial charge in [0.25, 0.3) is 0 Å². The third-order valence-corrected chi connectivity index (χ3v) is 4.85. The van der Waals surface area contributed by atoms with Crippen LogP contribution in [0.5, 0.6) is 17.2 Å². The molecular formula is C24H31ClO4. The van der Waals surface area contributed by atoms with Crippen molar-refractivity contribution in [2.24, 2.45) is 11.8 Å². The van der Waals surface area contributed by atoms with Gasteiger partial charge in [0, 0.05) is 6.07 Å². The second-order valence-electron chi connectivity index (χ2n) is 7.87. The summed E-state index contributed by atoms with van der Waals surface area (Å²) in [6, 6.07) is 10.5. The van der Waals surface area contributed by atoms with Gasteiger partial charge in [0.15, 0.2) is 0 Å². The first-order valence-electron chi connectivity index (χ1n) is 10.1. The number of ether oxygens (including phenoxy) is 3. The Morgan fingerprint density at radius 2 is 1.59 bits per heavy atom. The fraction of sp³-hybridized carbons (Fsp3) is 0.458. The zero-order valence-electron chi connectivity index (χ0n) is 18.0. The average Bonchev–Trinajstić information content (AvgIpc) is 2.67. The van der Waals surface area contributed by atoms with Gasteiger partial charge in [-0.25, -0.2) is 0 Å². The van der Waals surface area contributed by atoms with Gasteiger partial charge in [-0.2, -0.15) is 0 Å². The number of benzene rings is 2. The monoisotopic (exact) mass is 418 g/mol. The zero-order valence-corrected chi connectivity index (χ0v) is 18.7. The summed E-state index contributed by atoms with van der Waals surface area (Å²) < 4.78 is 17.2. The average molecular weight is 419 g/mol. The van der Waals surface area contributed by atoms with Gasteiger partial charge in [0.1, 0.15) is 17.2 Å². The zero-order chi connectivity index (χ0) is 21.4. The van der Waals surface area contributed by atoms with E-state index >= 15 is 0 Å². The minimum absolute atomic E-state index is 0.235. The Hall–Kier alpha value is -2.20. The van der Waals surface area contributed by atoms with Crippen LogP contribution in [0.25, 0.3) is 0 Å². The smallest absolute Gasteiger partial charge is 0.201 e. The molecule has 0 aliphatic carbocycles. The van der Waals surface area contributed by atoms with E-state index in [9.17, 15) is 4.79 Å². The van der Waals surface area contributed by atoms with Crippen molar-refractivity contribution in [3.63, 3.8) is 0 Å². The predicted octanol–water partition coefficient (Wildman–Crippen LogP) is 6.43. The van der Waals surface area contributed by atoms with E-state index in [4.69, 9.17) is 25.8 Å². The summed E-state index contributed by atoms with van der Waals surface area (Å²) >= 11 is 6.31. The lowest BCUT2D eigenvalue weighted by Crippen LogP contribution is -2.10. The van der Waals surface area contributed by atoms with E-state index in [1.165, 1.54) is 7.11 Å². The second-order valence-corrected chi connectivity index (χ2v) is 8.27. The van der Waals surface area contributed by atoms with Gasteiger partial charge in [-0.3, -0.25) is 4.79 Å². The largest absolute Gasteiger partial charge is 0.496 e. The van der Waals surface area contributed by atoms with Crippen molar-refractivity contribution in [1.29, 1.82) is 0 Å². The molecule has 2 aromatic carbocycles. The minimum atomic E-state index is -0.235. The van der Waals surface area contributed by atoms with Crippen LogP contribution in [0.2, 0.25) is 5.02 Å². The number of methoxy groups -OCH3 is 1. The fourth-order valence-corrected chi connectivity index (χ4v) is 3.00. The summed E-state index contributed by atoms with van der Waals surface area (Å²) in [6.45, 7) is 9.72. The fourth-order valence-electron chi connectivity index (χ4n) is 2.75. The Morgan fingerprint density at radius 3 is 2.21 bits per heavy atom. The lowest BCUT2D eigenvalue weighted by atomic mass is 10.0. The molecule has 0 N–H and O–H groups in total. The van der Waals surface area contributed by atoms with E-state index in [0.29, 0.717) is 58.4 Å². The summed E-state index contributed by atoms with van der Waals surface area (Å²) in [7, 11) is 1.52. The summed E-state index contributed by atoms with van der Waals surface area (Å²) in [5, 5.41) is 0.347. The Balaban J connectivity index is 2.34. The molecule has 5 heteroatoms. The maximum Gasteiger partial charge on any atom is 0.201 e. The number of carbonyl (C=O) groups excluding carboxylic acids is 1. The van der Waals surface area contributed by atoms with E-state index in [1.807, 2.05) is 0 Å². The minimum Gasteiger partial charge on any atom is -0.496 e. The van der Waals surface area contributed by atoms with Crippen LogP contribution in [-0.2, 0) is 0 Å². The first-order valence-corrected chi connectivity index (χ1v) is 10.5. The van der Waals surface area contributed by atoms with Gasteiger partial charge >= 0.3 is 0 Å². The molecule has 0 bridgehead atoms. The maximum atomic E-state index is 13.3. The molecule has 4 nitrogen and oxygen atoms in total. The number of hydrogen-bond donors (Lipinski definition) is 0. The molecular weight excluding hydrogens is 388 g/mol. The van der Waals surface area contributed by atoms with Gasteiger partial charge in [-0.15, -0.1) is 0 Å². The third kappa shape index (κ3) is 6.67. The van der Waals surface area contributed by atoms with Crippen molar-refractivity contribution in [2.75, 3.05) is 20.3 Å². The summed E-state index contributed by atoms with van der Waals surface area (Å²) in [4.78, 5) is 13.3. The van der Waals surface area contributed by atoms with Crippen LogP contribution in [0.3, 0.4) is 0 Å². The molecule has 0 heterocycles.